The maximum atomic E-state index is 12.9. The third-order valence-electron chi connectivity index (χ3n) is 14.9. The van der Waals surface area contributed by atoms with Gasteiger partial charge >= 0.3 is 33.6 Å². The number of carbonyl (C=O) groups excluding carboxylic acids is 3. The second-order valence-electron chi connectivity index (χ2n) is 23.7. The third kappa shape index (κ3) is 66.3. The molecular formula is C71H128O16P2. The van der Waals surface area contributed by atoms with Gasteiger partial charge in [0.25, 0.3) is 0 Å². The van der Waals surface area contributed by atoms with Crippen LogP contribution in [-0.4, -0.2) is 95.9 Å². The van der Waals surface area contributed by atoms with E-state index in [4.69, 9.17) is 32.3 Å². The minimum Gasteiger partial charge on any atom is -0.463 e. The van der Waals surface area contributed by atoms with E-state index in [1.54, 1.807) is 0 Å². The molecule has 5 unspecified atom stereocenters. The Morgan fingerprint density at radius 1 is 0.326 bits per heavy atom. The van der Waals surface area contributed by atoms with Crippen LogP contribution in [-0.2, 0) is 55.8 Å². The molecule has 518 valence electrons. The van der Waals surface area contributed by atoms with Crippen LogP contribution in [0.3, 0.4) is 0 Å². The van der Waals surface area contributed by atoms with Crippen molar-refractivity contribution in [3.8, 4) is 0 Å². The van der Waals surface area contributed by atoms with Crippen molar-refractivity contribution in [2.45, 2.75) is 322 Å². The predicted octanol–water partition coefficient (Wildman–Crippen LogP) is 19.5. The molecule has 0 aliphatic carbocycles. The highest BCUT2D eigenvalue weighted by molar-refractivity contribution is 7.47. The highest BCUT2D eigenvalue weighted by atomic mass is 31.2. The molecule has 0 saturated carbocycles. The Bertz CT molecular complexity index is 1920. The molecule has 0 aliphatic rings. The van der Waals surface area contributed by atoms with Crippen molar-refractivity contribution in [1.82, 2.24) is 0 Å². The fourth-order valence-electron chi connectivity index (χ4n) is 9.58. The minimum atomic E-state index is -4.91. The molecule has 0 rings (SSSR count). The molecule has 4 N–H and O–H groups in total. The van der Waals surface area contributed by atoms with Gasteiger partial charge in [0.15, 0.2) is 6.10 Å². The number of rotatable bonds is 67. The SMILES string of the molecule is CC/C=C\C/C=C\C/C=C\C/C=C\C/C=C\C/C=C\CCCCCCCCCCC(=O)OCC(O)COP(=O)(O)OCC(O)COP(=O)(O)OCC(COC(=O)CCCCCCCCCCCCCCC)OC(=O)CCCCCCCCCCCCCCC. The molecule has 0 aromatic carbocycles. The first kappa shape index (κ1) is 86.0. The molecule has 0 aromatic rings. The van der Waals surface area contributed by atoms with Crippen LogP contribution in [0.5, 0.6) is 0 Å². The van der Waals surface area contributed by atoms with Gasteiger partial charge in [0, 0.05) is 19.3 Å². The van der Waals surface area contributed by atoms with Gasteiger partial charge in [-0.15, -0.1) is 0 Å². The number of ether oxygens (including phenoxy) is 3. The number of phosphoric acid groups is 2. The van der Waals surface area contributed by atoms with Crippen molar-refractivity contribution in [2.24, 2.45) is 0 Å². The quantitative estimate of drug-likeness (QED) is 0.0146. The average Bonchev–Trinajstić information content (AvgIpc) is 3.55. The molecule has 18 heteroatoms. The summed E-state index contributed by atoms with van der Waals surface area (Å²) in [7, 11) is -9.76. The maximum absolute atomic E-state index is 12.9. The van der Waals surface area contributed by atoms with Crippen LogP contribution in [0.15, 0.2) is 72.9 Å². The van der Waals surface area contributed by atoms with Crippen LogP contribution in [0.4, 0.5) is 0 Å². The summed E-state index contributed by atoms with van der Waals surface area (Å²) in [4.78, 5) is 58.3. The molecular weight excluding hydrogens is 1170 g/mol. The highest BCUT2D eigenvalue weighted by Crippen LogP contribution is 2.45. The Hall–Kier alpha value is -3.01. The van der Waals surface area contributed by atoms with E-state index in [1.807, 2.05) is 0 Å². The van der Waals surface area contributed by atoms with Crippen molar-refractivity contribution in [3.05, 3.63) is 72.9 Å². The van der Waals surface area contributed by atoms with Crippen molar-refractivity contribution < 1.29 is 75.8 Å². The molecule has 5 atom stereocenters. The van der Waals surface area contributed by atoms with E-state index in [0.29, 0.717) is 19.3 Å². The Morgan fingerprint density at radius 2 is 0.596 bits per heavy atom. The number of aliphatic hydroxyl groups is 2. The van der Waals surface area contributed by atoms with E-state index < -0.39 is 91.5 Å². The number of unbranched alkanes of at least 4 members (excludes halogenated alkanes) is 32. The fourth-order valence-corrected chi connectivity index (χ4v) is 11.2. The Labute approximate surface area is 541 Å². The molecule has 0 aliphatic heterocycles. The average molecular weight is 1300 g/mol. The minimum absolute atomic E-state index is 0.112. The van der Waals surface area contributed by atoms with Gasteiger partial charge in [-0.3, -0.25) is 32.5 Å². The van der Waals surface area contributed by atoms with Gasteiger partial charge in [-0.1, -0.05) is 286 Å². The molecule has 0 amide bonds. The Morgan fingerprint density at radius 3 is 0.944 bits per heavy atom. The van der Waals surface area contributed by atoms with Crippen LogP contribution in [0, 0.1) is 0 Å². The third-order valence-corrected chi connectivity index (χ3v) is 16.8. The molecule has 0 aromatic heterocycles. The first-order valence-electron chi connectivity index (χ1n) is 35.2. The number of carbonyl (C=O) groups is 3. The number of allylic oxidation sites excluding steroid dienone is 12. The van der Waals surface area contributed by atoms with Gasteiger partial charge in [-0.05, 0) is 70.6 Å². The lowest BCUT2D eigenvalue weighted by Crippen LogP contribution is -2.30. The second-order valence-corrected chi connectivity index (χ2v) is 26.6. The van der Waals surface area contributed by atoms with Crippen LogP contribution < -0.4 is 0 Å². The first-order valence-corrected chi connectivity index (χ1v) is 38.2. The molecule has 0 bridgehead atoms. The molecule has 16 nitrogen and oxygen atoms in total. The zero-order valence-corrected chi connectivity index (χ0v) is 57.9. The predicted molar refractivity (Wildman–Crippen MR) is 362 cm³/mol. The van der Waals surface area contributed by atoms with Crippen molar-refractivity contribution >= 4 is 33.6 Å². The summed E-state index contributed by atoms with van der Waals surface area (Å²) in [6.45, 7) is 2.58. The standard InChI is InChI=1S/C71H128O16P2/c1-4-7-10-13-16-19-22-25-26-27-28-29-30-31-32-33-34-35-36-37-38-41-43-45-48-51-54-57-69(74)81-60-66(72)61-83-88(77,78)84-62-67(73)63-85-89(79,80)86-65-68(87-71(76)59-56-53-50-47-44-40-24-21-18-15-12-9-6-3)64-82-70(75)58-55-52-49-46-42-39-23-20-17-14-11-8-5-2/h7,10,16,19,25-26,28-29,31-32,34-35,66-68,72-73H,4-6,8-9,11-15,17-18,20-24,27,30,33,36-65H2,1-3H3,(H,77,78)(H,79,80)/b10-7-,19-16-,26-25-,29-28-,32-31-,35-34-. The highest BCUT2D eigenvalue weighted by Gasteiger charge is 2.29. The lowest BCUT2D eigenvalue weighted by atomic mass is 10.0. The second kappa shape index (κ2) is 65.1. The number of esters is 3. The molecule has 0 saturated heterocycles. The van der Waals surface area contributed by atoms with Crippen LogP contribution in [0.1, 0.15) is 303 Å². The molecule has 89 heavy (non-hydrogen) atoms. The maximum Gasteiger partial charge on any atom is 0.472 e. The zero-order valence-electron chi connectivity index (χ0n) is 56.1. The van der Waals surface area contributed by atoms with Crippen molar-refractivity contribution in [1.29, 1.82) is 0 Å². The van der Waals surface area contributed by atoms with Crippen molar-refractivity contribution in [2.75, 3.05) is 39.6 Å². The van der Waals surface area contributed by atoms with Gasteiger partial charge in [0.2, 0.25) is 0 Å². The van der Waals surface area contributed by atoms with E-state index in [0.717, 1.165) is 116 Å². The van der Waals surface area contributed by atoms with E-state index in [2.05, 4.69) is 93.7 Å². The van der Waals surface area contributed by atoms with Crippen LogP contribution >= 0.6 is 15.6 Å². The molecule has 0 heterocycles. The summed E-state index contributed by atoms with van der Waals surface area (Å²) in [5, 5.41) is 20.5. The van der Waals surface area contributed by atoms with E-state index in [9.17, 15) is 43.5 Å². The topological polar surface area (TPSA) is 231 Å². The Balaban J connectivity index is 4.47. The van der Waals surface area contributed by atoms with Gasteiger partial charge < -0.3 is 34.2 Å². The van der Waals surface area contributed by atoms with E-state index in [-0.39, 0.29) is 19.3 Å². The molecule has 0 radical (unpaired) electrons. The summed E-state index contributed by atoms with van der Waals surface area (Å²) >= 11 is 0. The summed E-state index contributed by atoms with van der Waals surface area (Å²) in [5.41, 5.74) is 0. The smallest absolute Gasteiger partial charge is 0.463 e. The molecule has 0 spiro atoms. The van der Waals surface area contributed by atoms with E-state index in [1.165, 1.54) is 128 Å². The first-order chi connectivity index (χ1) is 43.2. The summed E-state index contributed by atoms with van der Waals surface area (Å²) in [6, 6.07) is 0. The van der Waals surface area contributed by atoms with E-state index >= 15 is 0 Å². The number of phosphoric ester groups is 2. The van der Waals surface area contributed by atoms with Crippen molar-refractivity contribution in [3.63, 3.8) is 0 Å². The lowest BCUT2D eigenvalue weighted by Gasteiger charge is -2.21. The summed E-state index contributed by atoms with van der Waals surface area (Å²) < 4.78 is 60.9. The fraction of sp³-hybridized carbons (Fsp3) is 0.789. The molecule has 0 fully saturated rings. The monoisotopic (exact) mass is 1300 g/mol. The Kier molecular flexibility index (Phi) is 62.9. The summed E-state index contributed by atoms with van der Waals surface area (Å²) in [6.07, 6.45) is 68.1. The van der Waals surface area contributed by atoms with Gasteiger partial charge in [-0.25, -0.2) is 9.13 Å². The number of hydrogen-bond acceptors (Lipinski definition) is 14. The van der Waals surface area contributed by atoms with Gasteiger partial charge in [-0.2, -0.15) is 0 Å². The zero-order chi connectivity index (χ0) is 65.3. The van der Waals surface area contributed by atoms with Gasteiger partial charge in [0.1, 0.15) is 25.4 Å². The largest absolute Gasteiger partial charge is 0.472 e. The summed E-state index contributed by atoms with van der Waals surface area (Å²) in [5.74, 6) is -1.56. The number of aliphatic hydroxyl groups excluding tert-OH is 2. The number of hydrogen-bond donors (Lipinski definition) is 4. The van der Waals surface area contributed by atoms with Gasteiger partial charge in [0.05, 0.1) is 26.4 Å². The normalized spacial score (nSPS) is 14.6. The van der Waals surface area contributed by atoms with Crippen LogP contribution in [0.25, 0.3) is 0 Å². The lowest BCUT2D eigenvalue weighted by molar-refractivity contribution is -0.161. The van der Waals surface area contributed by atoms with Crippen LogP contribution in [0.2, 0.25) is 0 Å².